The van der Waals surface area contributed by atoms with Gasteiger partial charge >= 0.3 is 0 Å². The molecule has 0 amide bonds. The SMILES string of the molecule is CN=C(NCC(C)SC)N(C)Cc1ccccc1OC. The van der Waals surface area contributed by atoms with Crippen LogP contribution in [-0.2, 0) is 6.54 Å². The summed E-state index contributed by atoms with van der Waals surface area (Å²) in [5.74, 6) is 1.81. The Labute approximate surface area is 126 Å². The van der Waals surface area contributed by atoms with Gasteiger partial charge < -0.3 is 15.0 Å². The standard InChI is InChI=1S/C15H25N3OS/c1-12(20-5)10-17-15(16-2)18(3)11-13-8-6-7-9-14(13)19-4/h6-9,12H,10-11H2,1-5H3,(H,16,17). The van der Waals surface area contributed by atoms with Gasteiger partial charge in [0.25, 0.3) is 0 Å². The fraction of sp³-hybridized carbons (Fsp3) is 0.533. The molecule has 0 aromatic heterocycles. The molecular formula is C15H25N3OS. The molecule has 1 aromatic rings. The number of hydrogen-bond donors (Lipinski definition) is 1. The van der Waals surface area contributed by atoms with Crippen LogP contribution in [0.25, 0.3) is 0 Å². The smallest absolute Gasteiger partial charge is 0.193 e. The van der Waals surface area contributed by atoms with Crippen LogP contribution in [-0.4, -0.2) is 50.1 Å². The normalized spacial score (nSPS) is 12.9. The van der Waals surface area contributed by atoms with Gasteiger partial charge in [0.2, 0.25) is 0 Å². The van der Waals surface area contributed by atoms with E-state index >= 15 is 0 Å². The summed E-state index contributed by atoms with van der Waals surface area (Å²) in [5.41, 5.74) is 1.15. The van der Waals surface area contributed by atoms with Crippen LogP contribution in [0.15, 0.2) is 29.3 Å². The van der Waals surface area contributed by atoms with Gasteiger partial charge in [0, 0.05) is 38.0 Å². The van der Waals surface area contributed by atoms with Crippen molar-refractivity contribution in [1.82, 2.24) is 10.2 Å². The van der Waals surface area contributed by atoms with Crippen LogP contribution in [0.1, 0.15) is 12.5 Å². The summed E-state index contributed by atoms with van der Waals surface area (Å²) in [7, 11) is 5.54. The van der Waals surface area contributed by atoms with Crippen molar-refractivity contribution in [3.05, 3.63) is 29.8 Å². The summed E-state index contributed by atoms with van der Waals surface area (Å²) >= 11 is 1.84. The fourth-order valence-corrected chi connectivity index (χ4v) is 2.12. The third-order valence-electron chi connectivity index (χ3n) is 3.12. The highest BCUT2D eigenvalue weighted by Crippen LogP contribution is 2.18. The second-order valence-electron chi connectivity index (χ2n) is 4.64. The molecule has 0 fully saturated rings. The molecule has 0 heterocycles. The highest BCUT2D eigenvalue weighted by atomic mass is 32.2. The lowest BCUT2D eigenvalue weighted by Gasteiger charge is -2.24. The van der Waals surface area contributed by atoms with Crippen LogP contribution < -0.4 is 10.1 Å². The number of ether oxygens (including phenoxy) is 1. The topological polar surface area (TPSA) is 36.9 Å². The first-order valence-electron chi connectivity index (χ1n) is 6.68. The van der Waals surface area contributed by atoms with Gasteiger partial charge in [-0.1, -0.05) is 25.1 Å². The zero-order valence-electron chi connectivity index (χ0n) is 13.0. The van der Waals surface area contributed by atoms with Crippen LogP contribution in [0.2, 0.25) is 0 Å². The molecule has 20 heavy (non-hydrogen) atoms. The zero-order valence-corrected chi connectivity index (χ0v) is 13.8. The largest absolute Gasteiger partial charge is 0.496 e. The van der Waals surface area contributed by atoms with E-state index in [-0.39, 0.29) is 0 Å². The first-order valence-corrected chi connectivity index (χ1v) is 7.97. The highest BCUT2D eigenvalue weighted by molar-refractivity contribution is 7.99. The minimum atomic E-state index is 0.561. The van der Waals surface area contributed by atoms with Crippen molar-refractivity contribution in [2.75, 3.05) is 34.0 Å². The number of methoxy groups -OCH3 is 1. The second-order valence-corrected chi connectivity index (χ2v) is 5.92. The van der Waals surface area contributed by atoms with Crippen molar-refractivity contribution in [3.63, 3.8) is 0 Å². The van der Waals surface area contributed by atoms with Crippen LogP contribution in [0, 0.1) is 0 Å². The van der Waals surface area contributed by atoms with E-state index in [0.717, 1.165) is 30.4 Å². The Morgan fingerprint density at radius 2 is 2.15 bits per heavy atom. The molecule has 0 spiro atoms. The Hall–Kier alpha value is -1.36. The number of rotatable bonds is 6. The zero-order chi connectivity index (χ0) is 15.0. The number of hydrogen-bond acceptors (Lipinski definition) is 3. The molecule has 0 bridgehead atoms. The molecule has 1 atom stereocenters. The van der Waals surface area contributed by atoms with E-state index in [4.69, 9.17) is 4.74 Å². The minimum Gasteiger partial charge on any atom is -0.496 e. The predicted molar refractivity (Wildman–Crippen MR) is 88.8 cm³/mol. The van der Waals surface area contributed by atoms with Gasteiger partial charge in [-0.3, -0.25) is 4.99 Å². The third-order valence-corrected chi connectivity index (χ3v) is 4.09. The van der Waals surface area contributed by atoms with Crippen LogP contribution in [0.3, 0.4) is 0 Å². The van der Waals surface area contributed by atoms with E-state index in [1.54, 1.807) is 7.11 Å². The lowest BCUT2D eigenvalue weighted by Crippen LogP contribution is -2.40. The van der Waals surface area contributed by atoms with E-state index in [0.29, 0.717) is 5.25 Å². The van der Waals surface area contributed by atoms with Gasteiger partial charge in [-0.15, -0.1) is 0 Å². The van der Waals surface area contributed by atoms with Gasteiger partial charge in [-0.05, 0) is 12.3 Å². The van der Waals surface area contributed by atoms with Crippen molar-refractivity contribution < 1.29 is 4.74 Å². The van der Waals surface area contributed by atoms with Crippen LogP contribution in [0.5, 0.6) is 5.75 Å². The highest BCUT2D eigenvalue weighted by Gasteiger charge is 2.10. The number of nitrogens with zero attached hydrogens (tertiary/aromatic N) is 2. The summed E-state index contributed by atoms with van der Waals surface area (Å²) < 4.78 is 5.38. The Morgan fingerprint density at radius 1 is 1.45 bits per heavy atom. The van der Waals surface area contributed by atoms with Gasteiger partial charge in [0.15, 0.2) is 5.96 Å². The summed E-state index contributed by atoms with van der Waals surface area (Å²) in [6.45, 7) is 3.87. The predicted octanol–water partition coefficient (Wildman–Crippen LogP) is 2.45. The summed E-state index contributed by atoms with van der Waals surface area (Å²) in [6, 6.07) is 8.07. The van der Waals surface area contributed by atoms with Crippen molar-refractivity contribution in [3.8, 4) is 5.75 Å². The second kappa shape index (κ2) is 8.74. The number of para-hydroxylation sites is 1. The lowest BCUT2D eigenvalue weighted by atomic mass is 10.2. The van der Waals surface area contributed by atoms with Crippen molar-refractivity contribution >= 4 is 17.7 Å². The van der Waals surface area contributed by atoms with Crippen molar-refractivity contribution in [2.24, 2.45) is 4.99 Å². The molecule has 0 saturated carbocycles. The van der Waals surface area contributed by atoms with Crippen LogP contribution >= 0.6 is 11.8 Å². The first kappa shape index (κ1) is 16.7. The van der Waals surface area contributed by atoms with E-state index in [2.05, 4.69) is 34.5 Å². The van der Waals surface area contributed by atoms with E-state index in [9.17, 15) is 0 Å². The molecule has 1 rings (SSSR count). The summed E-state index contributed by atoms with van der Waals surface area (Å²) in [4.78, 5) is 6.43. The number of thioether (sulfide) groups is 1. The number of aliphatic imine (C=N–C) groups is 1. The molecule has 1 aromatic carbocycles. The fourth-order valence-electron chi connectivity index (χ4n) is 1.87. The lowest BCUT2D eigenvalue weighted by molar-refractivity contribution is 0.396. The number of benzene rings is 1. The van der Waals surface area contributed by atoms with Gasteiger partial charge in [-0.25, -0.2) is 0 Å². The molecule has 0 saturated heterocycles. The van der Waals surface area contributed by atoms with Gasteiger partial charge in [-0.2, -0.15) is 11.8 Å². The average molecular weight is 295 g/mol. The minimum absolute atomic E-state index is 0.561. The molecule has 0 aliphatic carbocycles. The monoisotopic (exact) mass is 295 g/mol. The summed E-state index contributed by atoms with van der Waals surface area (Å²) in [6.07, 6.45) is 2.12. The van der Waals surface area contributed by atoms with Crippen LogP contribution in [0.4, 0.5) is 0 Å². The maximum absolute atomic E-state index is 5.38. The number of nitrogens with one attached hydrogen (secondary N) is 1. The molecule has 4 nitrogen and oxygen atoms in total. The van der Waals surface area contributed by atoms with Gasteiger partial charge in [0.1, 0.15) is 5.75 Å². The Balaban J connectivity index is 2.65. The van der Waals surface area contributed by atoms with Crippen molar-refractivity contribution in [1.29, 1.82) is 0 Å². The molecular weight excluding hydrogens is 270 g/mol. The molecule has 1 N–H and O–H groups in total. The molecule has 0 radical (unpaired) electrons. The van der Waals surface area contributed by atoms with Crippen molar-refractivity contribution in [2.45, 2.75) is 18.7 Å². The Kier molecular flexibility index (Phi) is 7.30. The third kappa shape index (κ3) is 4.96. The van der Waals surface area contributed by atoms with E-state index in [1.165, 1.54) is 0 Å². The molecule has 112 valence electrons. The number of guanidine groups is 1. The summed E-state index contributed by atoms with van der Waals surface area (Å²) in [5, 5.41) is 3.95. The average Bonchev–Trinajstić information content (AvgIpc) is 2.48. The van der Waals surface area contributed by atoms with E-state index in [1.807, 2.05) is 44.1 Å². The molecule has 0 aliphatic heterocycles. The Bertz CT molecular complexity index is 437. The molecule has 0 aliphatic rings. The quantitative estimate of drug-likeness (QED) is 0.646. The Morgan fingerprint density at radius 3 is 2.75 bits per heavy atom. The molecule has 1 unspecified atom stereocenters. The maximum atomic E-state index is 5.38. The van der Waals surface area contributed by atoms with Gasteiger partial charge in [0.05, 0.1) is 7.11 Å². The molecule has 5 heteroatoms. The first-order chi connectivity index (χ1) is 9.62. The van der Waals surface area contributed by atoms with E-state index < -0.39 is 0 Å². The maximum Gasteiger partial charge on any atom is 0.193 e.